The van der Waals surface area contributed by atoms with E-state index in [0.29, 0.717) is 18.0 Å². The number of fused-ring (bicyclic) bond motifs is 1. The van der Waals surface area contributed by atoms with Crippen LogP contribution in [-0.4, -0.2) is 48.6 Å². The predicted molar refractivity (Wildman–Crippen MR) is 102 cm³/mol. The van der Waals surface area contributed by atoms with E-state index in [1.165, 1.54) is 12.7 Å². The number of aromatic nitrogens is 1. The second kappa shape index (κ2) is 7.39. The van der Waals surface area contributed by atoms with E-state index in [1.807, 2.05) is 34.2 Å². The van der Waals surface area contributed by atoms with E-state index >= 15 is 0 Å². The fourth-order valence-electron chi connectivity index (χ4n) is 4.03. The topological polar surface area (TPSA) is 62.7 Å². The van der Waals surface area contributed by atoms with Crippen LogP contribution in [0.25, 0.3) is 0 Å². The second-order valence-corrected chi connectivity index (χ2v) is 7.09. The van der Waals surface area contributed by atoms with Gasteiger partial charge in [-0.2, -0.15) is 0 Å². The van der Waals surface area contributed by atoms with Gasteiger partial charge in [0.05, 0.1) is 12.7 Å². The Balaban J connectivity index is 1.51. The molecule has 1 atom stereocenters. The Labute approximate surface area is 158 Å². The molecule has 3 heterocycles. The van der Waals surface area contributed by atoms with Crippen LogP contribution in [-0.2, 0) is 11.2 Å². The minimum atomic E-state index is -0.347. The molecule has 0 saturated carbocycles. The van der Waals surface area contributed by atoms with Gasteiger partial charge < -0.3 is 9.64 Å². The van der Waals surface area contributed by atoms with Crippen LogP contribution in [0.1, 0.15) is 40.2 Å². The van der Waals surface area contributed by atoms with Crippen molar-refractivity contribution in [3.8, 4) is 0 Å². The van der Waals surface area contributed by atoms with Crippen LogP contribution in [0, 0.1) is 0 Å². The van der Waals surface area contributed by atoms with Gasteiger partial charge >= 0.3 is 12.0 Å². The summed E-state index contributed by atoms with van der Waals surface area (Å²) in [5.74, 6) is -0.00582. The minimum Gasteiger partial charge on any atom is -0.465 e. The molecule has 6 nitrogen and oxygen atoms in total. The quantitative estimate of drug-likeness (QED) is 0.767. The lowest BCUT2D eigenvalue weighted by Crippen LogP contribution is -2.44. The number of nitrogens with zero attached hydrogens (tertiary/aromatic N) is 3. The van der Waals surface area contributed by atoms with Crippen LogP contribution >= 0.6 is 0 Å². The first kappa shape index (κ1) is 17.5. The molecule has 0 spiro atoms. The molecule has 0 N–H and O–H groups in total. The van der Waals surface area contributed by atoms with Crippen LogP contribution in [0.2, 0.25) is 0 Å². The number of carbonyl (C=O) groups excluding carboxylic acids is 2. The zero-order chi connectivity index (χ0) is 18.8. The maximum absolute atomic E-state index is 13.2. The number of esters is 1. The summed E-state index contributed by atoms with van der Waals surface area (Å²) in [5, 5.41) is 0. The average molecular weight is 365 g/mol. The highest BCUT2D eigenvalue weighted by Gasteiger charge is 2.32. The zero-order valence-electron chi connectivity index (χ0n) is 15.4. The summed E-state index contributed by atoms with van der Waals surface area (Å²) < 4.78 is 4.80. The van der Waals surface area contributed by atoms with E-state index in [9.17, 15) is 9.59 Å². The Morgan fingerprint density at radius 2 is 2.11 bits per heavy atom. The number of ether oxygens (including phenoxy) is 1. The molecule has 1 saturated heterocycles. The van der Waals surface area contributed by atoms with Crippen LogP contribution in [0.3, 0.4) is 0 Å². The van der Waals surface area contributed by atoms with Gasteiger partial charge in [0, 0.05) is 43.6 Å². The van der Waals surface area contributed by atoms with Crippen molar-refractivity contribution in [2.24, 2.45) is 0 Å². The van der Waals surface area contributed by atoms with Crippen molar-refractivity contribution in [2.45, 2.75) is 25.2 Å². The van der Waals surface area contributed by atoms with Crippen molar-refractivity contribution >= 4 is 17.7 Å². The number of aryl methyl sites for hydroxylation is 1. The minimum absolute atomic E-state index is 0.0492. The smallest absolute Gasteiger partial charge is 0.337 e. The molecular weight excluding hydrogens is 342 g/mol. The number of rotatable bonds is 2. The number of pyridine rings is 1. The molecule has 0 bridgehead atoms. The van der Waals surface area contributed by atoms with E-state index in [1.54, 1.807) is 12.3 Å². The molecule has 2 aromatic rings. The third-order valence-electron chi connectivity index (χ3n) is 5.46. The molecule has 1 unspecified atom stereocenters. The highest BCUT2D eigenvalue weighted by molar-refractivity contribution is 5.95. The molecule has 2 aliphatic heterocycles. The third-order valence-corrected chi connectivity index (χ3v) is 5.46. The maximum Gasteiger partial charge on any atom is 0.337 e. The number of amides is 2. The first-order chi connectivity index (χ1) is 13.2. The molecule has 0 aliphatic carbocycles. The van der Waals surface area contributed by atoms with Crippen LogP contribution in [0.15, 0.2) is 42.7 Å². The summed E-state index contributed by atoms with van der Waals surface area (Å²) in [6.07, 6.45) is 6.38. The van der Waals surface area contributed by atoms with Gasteiger partial charge in [0.25, 0.3) is 0 Å². The van der Waals surface area contributed by atoms with Crippen LogP contribution < -0.4 is 4.90 Å². The zero-order valence-corrected chi connectivity index (χ0v) is 15.4. The van der Waals surface area contributed by atoms with Gasteiger partial charge in [0.2, 0.25) is 0 Å². The van der Waals surface area contributed by atoms with Gasteiger partial charge in [-0.25, -0.2) is 9.59 Å². The van der Waals surface area contributed by atoms with Crippen LogP contribution in [0.4, 0.5) is 10.5 Å². The second-order valence-electron chi connectivity index (χ2n) is 7.09. The van der Waals surface area contributed by atoms with Crippen molar-refractivity contribution in [1.82, 2.24) is 9.88 Å². The van der Waals surface area contributed by atoms with Crippen LogP contribution in [0.5, 0.6) is 0 Å². The lowest BCUT2D eigenvalue weighted by molar-refractivity contribution is 0.0600. The van der Waals surface area contributed by atoms with E-state index < -0.39 is 0 Å². The number of likely N-dealkylation sites (tertiary alicyclic amines) is 1. The number of anilines is 1. The van der Waals surface area contributed by atoms with Gasteiger partial charge in [-0.3, -0.25) is 9.88 Å². The number of carbonyl (C=O) groups is 2. The highest BCUT2D eigenvalue weighted by atomic mass is 16.5. The first-order valence-corrected chi connectivity index (χ1v) is 9.35. The predicted octanol–water partition coefficient (Wildman–Crippen LogP) is 3.23. The van der Waals surface area contributed by atoms with E-state index in [2.05, 4.69) is 11.1 Å². The fraction of sp³-hybridized carbons (Fsp3) is 0.381. The average Bonchev–Trinajstić information content (AvgIpc) is 3.22. The Bertz CT molecular complexity index is 853. The lowest BCUT2D eigenvalue weighted by atomic mass is 9.99. The van der Waals surface area contributed by atoms with Gasteiger partial charge in [0.15, 0.2) is 0 Å². The van der Waals surface area contributed by atoms with Gasteiger partial charge in [0.1, 0.15) is 0 Å². The lowest BCUT2D eigenvalue weighted by Gasteiger charge is -2.33. The van der Waals surface area contributed by atoms with Gasteiger partial charge in [-0.1, -0.05) is 6.07 Å². The van der Waals surface area contributed by atoms with Crippen molar-refractivity contribution in [1.29, 1.82) is 0 Å². The SMILES string of the molecule is COC(=O)c1ccc2c(c1)CCCN2C(=O)N1CCC(c2cccnc2)C1. The number of methoxy groups -OCH3 is 1. The van der Waals surface area contributed by atoms with E-state index in [-0.39, 0.29) is 12.0 Å². The summed E-state index contributed by atoms with van der Waals surface area (Å²) in [5.41, 5.74) is 3.65. The summed E-state index contributed by atoms with van der Waals surface area (Å²) in [6.45, 7) is 2.18. The highest BCUT2D eigenvalue weighted by Crippen LogP contribution is 2.32. The molecule has 1 aromatic carbocycles. The number of hydrogen-bond acceptors (Lipinski definition) is 4. The molecule has 6 heteroatoms. The Morgan fingerprint density at radius 3 is 2.89 bits per heavy atom. The standard InChI is InChI=1S/C21H23N3O3/c1-27-20(25)16-6-7-19-15(12-16)5-3-10-24(19)21(26)23-11-8-18(14-23)17-4-2-9-22-13-17/h2,4,6-7,9,12-13,18H,3,5,8,10-11,14H2,1H3. The van der Waals surface area contributed by atoms with Gasteiger partial charge in [-0.15, -0.1) is 0 Å². The summed E-state index contributed by atoms with van der Waals surface area (Å²) in [4.78, 5) is 32.9. The summed E-state index contributed by atoms with van der Waals surface area (Å²) in [7, 11) is 1.38. The molecule has 4 rings (SSSR count). The largest absolute Gasteiger partial charge is 0.465 e. The number of hydrogen-bond donors (Lipinski definition) is 0. The van der Waals surface area contributed by atoms with Crippen molar-refractivity contribution in [3.63, 3.8) is 0 Å². The third kappa shape index (κ3) is 3.39. The fourth-order valence-corrected chi connectivity index (χ4v) is 4.03. The van der Waals surface area contributed by atoms with Crippen molar-refractivity contribution in [2.75, 3.05) is 31.6 Å². The molecule has 1 fully saturated rings. The molecular formula is C21H23N3O3. The van der Waals surface area contributed by atoms with Crippen molar-refractivity contribution in [3.05, 3.63) is 59.4 Å². The summed E-state index contributed by atoms with van der Waals surface area (Å²) >= 11 is 0. The number of urea groups is 1. The molecule has 140 valence electrons. The van der Waals surface area contributed by atoms with E-state index in [4.69, 9.17) is 4.74 Å². The molecule has 27 heavy (non-hydrogen) atoms. The van der Waals surface area contributed by atoms with Crippen molar-refractivity contribution < 1.29 is 14.3 Å². The first-order valence-electron chi connectivity index (χ1n) is 9.35. The number of benzene rings is 1. The Kier molecular flexibility index (Phi) is 4.79. The summed E-state index contributed by atoms with van der Waals surface area (Å²) in [6, 6.07) is 9.53. The normalized spacial score (nSPS) is 18.9. The maximum atomic E-state index is 13.2. The Hall–Kier alpha value is -2.89. The Morgan fingerprint density at radius 1 is 1.22 bits per heavy atom. The van der Waals surface area contributed by atoms with E-state index in [0.717, 1.165) is 43.6 Å². The van der Waals surface area contributed by atoms with Gasteiger partial charge in [-0.05, 0) is 54.7 Å². The monoisotopic (exact) mass is 365 g/mol. The molecule has 1 aromatic heterocycles. The molecule has 2 amide bonds. The molecule has 2 aliphatic rings. The molecule has 0 radical (unpaired) electrons.